The van der Waals surface area contributed by atoms with Crippen molar-refractivity contribution in [3.63, 3.8) is 0 Å². The summed E-state index contributed by atoms with van der Waals surface area (Å²) in [6.07, 6.45) is 5.17. The lowest BCUT2D eigenvalue weighted by molar-refractivity contribution is -0.121. The SMILES string of the molecule is CCCCCCOc1ccc(C(=O)NC(=S)NNC(=O)CCCOc2ccc(Cl)cc2Cl)cc1. The van der Waals surface area contributed by atoms with Crippen LogP contribution < -0.4 is 25.6 Å². The molecule has 7 nitrogen and oxygen atoms in total. The van der Waals surface area contributed by atoms with Crippen LogP contribution in [0.1, 0.15) is 55.8 Å². The smallest absolute Gasteiger partial charge is 0.257 e. The number of rotatable bonds is 12. The van der Waals surface area contributed by atoms with Crippen LogP contribution in [0.2, 0.25) is 10.0 Å². The number of benzene rings is 2. The van der Waals surface area contributed by atoms with Gasteiger partial charge in [-0.25, -0.2) is 0 Å². The Hall–Kier alpha value is -2.55. The molecule has 2 aromatic carbocycles. The van der Waals surface area contributed by atoms with Crippen molar-refractivity contribution in [1.29, 1.82) is 0 Å². The summed E-state index contributed by atoms with van der Waals surface area (Å²) in [6.45, 7) is 3.12. The van der Waals surface area contributed by atoms with Gasteiger partial charge in [-0.15, -0.1) is 0 Å². The summed E-state index contributed by atoms with van der Waals surface area (Å²) in [5.41, 5.74) is 5.37. The maximum absolute atomic E-state index is 12.3. The van der Waals surface area contributed by atoms with Crippen LogP contribution in [0.4, 0.5) is 0 Å². The van der Waals surface area contributed by atoms with E-state index >= 15 is 0 Å². The fraction of sp³-hybridized carbons (Fsp3) is 0.375. The molecule has 2 aromatic rings. The monoisotopic (exact) mass is 525 g/mol. The van der Waals surface area contributed by atoms with Gasteiger partial charge in [0, 0.05) is 17.0 Å². The quantitative estimate of drug-likeness (QED) is 0.194. The molecule has 3 N–H and O–H groups in total. The Bertz CT molecular complexity index is 958. The van der Waals surface area contributed by atoms with Crippen molar-refractivity contribution in [3.8, 4) is 11.5 Å². The molecule has 0 heterocycles. The Balaban J connectivity index is 1.62. The minimum absolute atomic E-state index is 0.0150. The molecule has 0 bridgehead atoms. The van der Waals surface area contributed by atoms with Gasteiger partial charge < -0.3 is 9.47 Å². The summed E-state index contributed by atoms with van der Waals surface area (Å²) in [7, 11) is 0. The van der Waals surface area contributed by atoms with Crippen LogP contribution in [0, 0.1) is 0 Å². The van der Waals surface area contributed by atoms with Crippen molar-refractivity contribution in [3.05, 3.63) is 58.1 Å². The first kappa shape index (κ1) is 27.7. The van der Waals surface area contributed by atoms with Crippen LogP contribution in [0.15, 0.2) is 42.5 Å². The number of hydrogen-bond acceptors (Lipinski definition) is 5. The standard InChI is InChI=1S/C24H29Cl2N3O4S/c1-2-3-4-5-14-32-19-11-8-17(9-12-19)23(31)27-24(34)29-28-22(30)7-6-15-33-21-13-10-18(25)16-20(21)26/h8-13,16H,2-7,14-15H2,1H3,(H,28,30)(H2,27,29,31,34). The van der Waals surface area contributed by atoms with E-state index in [1.54, 1.807) is 42.5 Å². The van der Waals surface area contributed by atoms with Gasteiger partial charge in [0.2, 0.25) is 5.91 Å². The van der Waals surface area contributed by atoms with Gasteiger partial charge in [-0.1, -0.05) is 49.4 Å². The maximum Gasteiger partial charge on any atom is 0.257 e. The molecule has 0 saturated heterocycles. The third kappa shape index (κ3) is 10.6. The molecule has 0 aliphatic rings. The van der Waals surface area contributed by atoms with Gasteiger partial charge in [0.15, 0.2) is 5.11 Å². The zero-order valence-corrected chi connectivity index (χ0v) is 21.3. The summed E-state index contributed by atoms with van der Waals surface area (Å²) in [6, 6.07) is 11.7. The van der Waals surface area contributed by atoms with Crippen molar-refractivity contribution < 1.29 is 19.1 Å². The third-order valence-electron chi connectivity index (χ3n) is 4.63. The molecule has 0 fully saturated rings. The number of amides is 2. The van der Waals surface area contributed by atoms with Crippen LogP contribution in [-0.2, 0) is 4.79 Å². The average Bonchev–Trinajstić information content (AvgIpc) is 2.82. The number of hydrazine groups is 1. The highest BCUT2D eigenvalue weighted by Crippen LogP contribution is 2.27. The lowest BCUT2D eigenvalue weighted by atomic mass is 10.2. The summed E-state index contributed by atoms with van der Waals surface area (Å²) in [4.78, 5) is 24.3. The summed E-state index contributed by atoms with van der Waals surface area (Å²) in [5, 5.41) is 3.42. The van der Waals surface area contributed by atoms with E-state index in [-0.39, 0.29) is 17.4 Å². The first-order chi connectivity index (χ1) is 16.4. The van der Waals surface area contributed by atoms with Crippen molar-refractivity contribution in [2.75, 3.05) is 13.2 Å². The molecule has 34 heavy (non-hydrogen) atoms. The predicted octanol–water partition coefficient (Wildman–Crippen LogP) is 5.45. The summed E-state index contributed by atoms with van der Waals surface area (Å²) in [5.74, 6) is 0.515. The van der Waals surface area contributed by atoms with Crippen molar-refractivity contribution >= 4 is 52.3 Å². The normalized spacial score (nSPS) is 10.3. The number of ether oxygens (including phenoxy) is 2. The molecule has 0 aliphatic heterocycles. The van der Waals surface area contributed by atoms with Gasteiger partial charge in [0.05, 0.1) is 18.2 Å². The Morgan fingerprint density at radius 3 is 2.35 bits per heavy atom. The molecule has 2 rings (SSSR count). The molecule has 0 radical (unpaired) electrons. The molecule has 0 atom stereocenters. The van der Waals surface area contributed by atoms with Crippen LogP contribution in [0.3, 0.4) is 0 Å². The second-order valence-corrected chi connectivity index (χ2v) is 8.67. The number of thiocarbonyl (C=S) groups is 1. The van der Waals surface area contributed by atoms with Gasteiger partial charge in [-0.05, 0) is 67.5 Å². The fourth-order valence-electron chi connectivity index (χ4n) is 2.82. The van der Waals surface area contributed by atoms with E-state index in [1.807, 2.05) is 0 Å². The number of nitrogens with one attached hydrogen (secondary N) is 3. The van der Waals surface area contributed by atoms with Gasteiger partial charge in [-0.2, -0.15) is 0 Å². The lowest BCUT2D eigenvalue weighted by Gasteiger charge is -2.12. The molecule has 0 aliphatic carbocycles. The Morgan fingerprint density at radius 1 is 0.912 bits per heavy atom. The highest BCUT2D eigenvalue weighted by molar-refractivity contribution is 7.80. The second kappa shape index (κ2) is 15.4. The first-order valence-electron chi connectivity index (χ1n) is 11.1. The van der Waals surface area contributed by atoms with E-state index in [1.165, 1.54) is 12.8 Å². The number of carbonyl (C=O) groups excluding carboxylic acids is 2. The summed E-state index contributed by atoms with van der Waals surface area (Å²) >= 11 is 16.9. The van der Waals surface area contributed by atoms with E-state index < -0.39 is 5.91 Å². The van der Waals surface area contributed by atoms with Crippen LogP contribution in [0.25, 0.3) is 0 Å². The molecule has 0 unspecified atom stereocenters. The van der Waals surface area contributed by atoms with Crippen molar-refractivity contribution in [1.82, 2.24) is 16.2 Å². The number of unbranched alkanes of at least 4 members (excludes halogenated alkanes) is 3. The second-order valence-electron chi connectivity index (χ2n) is 7.42. The minimum Gasteiger partial charge on any atom is -0.494 e. The molecule has 0 spiro atoms. The molecule has 184 valence electrons. The largest absolute Gasteiger partial charge is 0.494 e. The third-order valence-corrected chi connectivity index (χ3v) is 5.36. The Morgan fingerprint density at radius 2 is 1.65 bits per heavy atom. The zero-order chi connectivity index (χ0) is 24.8. The molecule has 0 saturated carbocycles. The average molecular weight is 526 g/mol. The number of halogens is 2. The fourth-order valence-corrected chi connectivity index (χ4v) is 3.43. The van der Waals surface area contributed by atoms with E-state index in [2.05, 4.69) is 23.1 Å². The van der Waals surface area contributed by atoms with Crippen LogP contribution in [0.5, 0.6) is 11.5 Å². The lowest BCUT2D eigenvalue weighted by Crippen LogP contribution is -2.48. The maximum atomic E-state index is 12.3. The summed E-state index contributed by atoms with van der Waals surface area (Å²) < 4.78 is 11.2. The minimum atomic E-state index is -0.394. The molecular formula is C24H29Cl2N3O4S. The zero-order valence-electron chi connectivity index (χ0n) is 19.0. The molecule has 2 amide bonds. The Labute approximate surface area is 215 Å². The van der Waals surface area contributed by atoms with E-state index in [0.29, 0.717) is 46.7 Å². The van der Waals surface area contributed by atoms with Gasteiger partial charge in [0.1, 0.15) is 11.5 Å². The van der Waals surface area contributed by atoms with Crippen molar-refractivity contribution in [2.24, 2.45) is 0 Å². The van der Waals surface area contributed by atoms with Crippen LogP contribution >= 0.6 is 35.4 Å². The predicted molar refractivity (Wildman–Crippen MR) is 139 cm³/mol. The topological polar surface area (TPSA) is 88.7 Å². The highest BCUT2D eigenvalue weighted by atomic mass is 35.5. The molecule has 0 aromatic heterocycles. The molecule has 10 heteroatoms. The highest BCUT2D eigenvalue weighted by Gasteiger charge is 2.09. The first-order valence-corrected chi connectivity index (χ1v) is 12.3. The van der Waals surface area contributed by atoms with Gasteiger partial charge in [-0.3, -0.25) is 25.8 Å². The number of hydrogen-bond donors (Lipinski definition) is 3. The van der Waals surface area contributed by atoms with Crippen LogP contribution in [-0.4, -0.2) is 30.1 Å². The van der Waals surface area contributed by atoms with Gasteiger partial charge >= 0.3 is 0 Å². The van der Waals surface area contributed by atoms with E-state index in [9.17, 15) is 9.59 Å². The van der Waals surface area contributed by atoms with Gasteiger partial charge in [0.25, 0.3) is 5.91 Å². The Kier molecular flexibility index (Phi) is 12.5. The van der Waals surface area contributed by atoms with E-state index in [4.69, 9.17) is 44.9 Å². The number of carbonyl (C=O) groups is 2. The van der Waals surface area contributed by atoms with Crippen molar-refractivity contribution in [2.45, 2.75) is 45.4 Å². The van der Waals surface area contributed by atoms with E-state index in [0.717, 1.165) is 12.8 Å². The molecular weight excluding hydrogens is 497 g/mol.